The highest BCUT2D eigenvalue weighted by molar-refractivity contribution is 14.1. The van der Waals surface area contributed by atoms with E-state index in [1.807, 2.05) is 0 Å². The third-order valence-corrected chi connectivity index (χ3v) is 3.97. The second-order valence-corrected chi connectivity index (χ2v) is 5.11. The normalized spacial score (nSPS) is 28.7. The van der Waals surface area contributed by atoms with Crippen LogP contribution in [-0.4, -0.2) is 54.0 Å². The predicted octanol–water partition coefficient (Wildman–Crippen LogP) is 1.17. The van der Waals surface area contributed by atoms with Crippen LogP contribution in [0.25, 0.3) is 0 Å². The van der Waals surface area contributed by atoms with Crippen molar-refractivity contribution in [3.8, 4) is 0 Å². The zero-order chi connectivity index (χ0) is 13.0. The lowest BCUT2D eigenvalue weighted by molar-refractivity contribution is -0.152. The summed E-state index contributed by atoms with van der Waals surface area (Å²) in [5.41, 5.74) is 0. The monoisotopic (exact) mass is 357 g/mol. The molecule has 0 unspecified atom stereocenters. The molecule has 0 N–H and O–H groups in total. The minimum Gasteiger partial charge on any atom is -0.461 e. The Kier molecular flexibility index (Phi) is 5.44. The van der Waals surface area contributed by atoms with Crippen LogP contribution in [0, 0.1) is 0 Å². The second-order valence-electron chi connectivity index (χ2n) is 3.67. The summed E-state index contributed by atoms with van der Waals surface area (Å²) in [6, 6.07) is 0. The average Bonchev–Trinajstić information content (AvgIpc) is 2.30. The van der Waals surface area contributed by atoms with Gasteiger partial charge in [-0.25, -0.2) is 4.79 Å². The molecule has 0 aromatic rings. The number of hydrogen-bond acceptors (Lipinski definition) is 5. The average molecular weight is 357 g/mol. The van der Waals surface area contributed by atoms with Gasteiger partial charge in [-0.1, -0.05) is 22.6 Å². The van der Waals surface area contributed by atoms with E-state index in [1.54, 1.807) is 0 Å². The summed E-state index contributed by atoms with van der Waals surface area (Å²) in [7, 11) is 2.85. The van der Waals surface area contributed by atoms with Gasteiger partial charge in [0, 0.05) is 27.0 Å². The molecule has 1 saturated heterocycles. The number of ether oxygens (including phenoxy) is 3. The van der Waals surface area contributed by atoms with E-state index in [0.29, 0.717) is 13.0 Å². The summed E-state index contributed by atoms with van der Waals surface area (Å²) in [5.74, 6) is -0.321. The smallest absolute Gasteiger partial charge is 0.411 e. The van der Waals surface area contributed by atoms with Crippen molar-refractivity contribution < 1.29 is 23.8 Å². The largest absolute Gasteiger partial charge is 0.461 e. The van der Waals surface area contributed by atoms with Gasteiger partial charge in [0.15, 0.2) is 0 Å². The molecule has 98 valence electrons. The van der Waals surface area contributed by atoms with Crippen LogP contribution in [0.3, 0.4) is 0 Å². The SMILES string of the molecule is COC(=O)N1CC[C@H](OC(C)=O)[C@@H](I)[C@@H]1OC. The van der Waals surface area contributed by atoms with Crippen LogP contribution in [0.1, 0.15) is 13.3 Å². The van der Waals surface area contributed by atoms with Crippen molar-refractivity contribution >= 4 is 34.7 Å². The Hall–Kier alpha value is -0.570. The van der Waals surface area contributed by atoms with Crippen molar-refractivity contribution in [3.05, 3.63) is 0 Å². The molecule has 0 aromatic carbocycles. The standard InChI is InChI=1S/C10H16INO5/c1-6(13)17-7-4-5-12(10(14)16-3)9(15-2)8(7)11/h7-9H,4-5H2,1-3H3/t7-,8+,9-/m0/s1. The molecule has 1 rings (SSSR count). The Morgan fingerprint density at radius 2 is 2.00 bits per heavy atom. The number of halogens is 1. The van der Waals surface area contributed by atoms with Gasteiger partial charge < -0.3 is 14.2 Å². The van der Waals surface area contributed by atoms with Crippen molar-refractivity contribution in [2.75, 3.05) is 20.8 Å². The van der Waals surface area contributed by atoms with Crippen molar-refractivity contribution in [2.24, 2.45) is 0 Å². The first-order valence-corrected chi connectivity index (χ1v) is 6.44. The molecule has 0 aromatic heterocycles. The number of alkyl halides is 1. The number of esters is 1. The lowest BCUT2D eigenvalue weighted by Crippen LogP contribution is -2.56. The topological polar surface area (TPSA) is 65.1 Å². The number of likely N-dealkylation sites (tertiary alicyclic amines) is 1. The first-order chi connectivity index (χ1) is 8.01. The van der Waals surface area contributed by atoms with E-state index < -0.39 is 12.3 Å². The molecule has 17 heavy (non-hydrogen) atoms. The number of carbonyl (C=O) groups excluding carboxylic acids is 2. The third kappa shape index (κ3) is 3.44. The highest BCUT2D eigenvalue weighted by Gasteiger charge is 2.41. The summed E-state index contributed by atoms with van der Waals surface area (Å²) in [6.45, 7) is 1.82. The minimum atomic E-state index is -0.443. The summed E-state index contributed by atoms with van der Waals surface area (Å²) in [5, 5.41) is 0. The number of carbonyl (C=O) groups is 2. The van der Waals surface area contributed by atoms with Gasteiger partial charge in [0.2, 0.25) is 0 Å². The maximum absolute atomic E-state index is 11.5. The molecule has 7 heteroatoms. The molecule has 0 spiro atoms. The summed E-state index contributed by atoms with van der Waals surface area (Å²) < 4.78 is 15.0. The first-order valence-electron chi connectivity index (χ1n) is 5.20. The van der Waals surface area contributed by atoms with Crippen LogP contribution in [0.5, 0.6) is 0 Å². The zero-order valence-electron chi connectivity index (χ0n) is 10.0. The molecule has 1 fully saturated rings. The molecule has 1 aliphatic heterocycles. The van der Waals surface area contributed by atoms with Crippen LogP contribution >= 0.6 is 22.6 Å². The Morgan fingerprint density at radius 3 is 2.47 bits per heavy atom. The van der Waals surface area contributed by atoms with Crippen molar-refractivity contribution in [1.29, 1.82) is 0 Å². The Labute approximate surface area is 114 Å². The zero-order valence-corrected chi connectivity index (χ0v) is 12.2. The highest BCUT2D eigenvalue weighted by Crippen LogP contribution is 2.28. The fourth-order valence-electron chi connectivity index (χ4n) is 1.82. The Balaban J connectivity index is 2.73. The van der Waals surface area contributed by atoms with E-state index in [-0.39, 0.29) is 16.0 Å². The highest BCUT2D eigenvalue weighted by atomic mass is 127. The molecule has 1 heterocycles. The van der Waals surface area contributed by atoms with Crippen molar-refractivity contribution in [3.63, 3.8) is 0 Å². The number of rotatable bonds is 2. The third-order valence-electron chi connectivity index (χ3n) is 2.56. The lowest BCUT2D eigenvalue weighted by atomic mass is 10.1. The number of amides is 1. The number of nitrogens with zero attached hydrogens (tertiary/aromatic N) is 1. The van der Waals surface area contributed by atoms with Gasteiger partial charge in [0.05, 0.1) is 11.0 Å². The quantitative estimate of drug-likeness (QED) is 0.422. The van der Waals surface area contributed by atoms with E-state index in [0.717, 1.165) is 0 Å². The number of methoxy groups -OCH3 is 2. The molecular weight excluding hydrogens is 341 g/mol. The van der Waals surface area contributed by atoms with Gasteiger partial charge >= 0.3 is 12.1 Å². The van der Waals surface area contributed by atoms with E-state index in [1.165, 1.54) is 26.0 Å². The van der Waals surface area contributed by atoms with Crippen LogP contribution in [0.2, 0.25) is 0 Å². The molecule has 0 radical (unpaired) electrons. The molecule has 0 saturated carbocycles. The second kappa shape index (κ2) is 6.39. The maximum Gasteiger partial charge on any atom is 0.411 e. The fraction of sp³-hybridized carbons (Fsp3) is 0.800. The van der Waals surface area contributed by atoms with Gasteiger partial charge in [0.1, 0.15) is 12.3 Å². The molecule has 0 aliphatic carbocycles. The number of piperidine rings is 1. The number of hydrogen-bond donors (Lipinski definition) is 0. The van der Waals surface area contributed by atoms with Crippen molar-refractivity contribution in [1.82, 2.24) is 4.90 Å². The molecule has 1 aliphatic rings. The molecular formula is C10H16INO5. The minimum absolute atomic E-state index is 0.116. The van der Waals surface area contributed by atoms with Gasteiger partial charge in [-0.15, -0.1) is 0 Å². The Bertz CT molecular complexity index is 298. The van der Waals surface area contributed by atoms with E-state index in [4.69, 9.17) is 9.47 Å². The molecule has 1 amide bonds. The lowest BCUT2D eigenvalue weighted by Gasteiger charge is -2.40. The summed E-state index contributed by atoms with van der Waals surface area (Å²) in [6.07, 6.45) is -0.526. The van der Waals surface area contributed by atoms with E-state index >= 15 is 0 Å². The van der Waals surface area contributed by atoms with E-state index in [2.05, 4.69) is 27.3 Å². The molecule has 6 nitrogen and oxygen atoms in total. The first kappa shape index (κ1) is 14.5. The van der Waals surface area contributed by atoms with Crippen LogP contribution in [-0.2, 0) is 19.0 Å². The Morgan fingerprint density at radius 1 is 1.35 bits per heavy atom. The van der Waals surface area contributed by atoms with Gasteiger partial charge in [-0.2, -0.15) is 0 Å². The summed E-state index contributed by atoms with van der Waals surface area (Å²) in [4.78, 5) is 24.0. The van der Waals surface area contributed by atoms with Gasteiger partial charge in [-0.05, 0) is 0 Å². The van der Waals surface area contributed by atoms with Crippen LogP contribution < -0.4 is 0 Å². The van der Waals surface area contributed by atoms with Crippen molar-refractivity contribution in [2.45, 2.75) is 29.6 Å². The summed E-state index contributed by atoms with van der Waals surface area (Å²) >= 11 is 2.13. The maximum atomic E-state index is 11.5. The van der Waals surface area contributed by atoms with E-state index in [9.17, 15) is 9.59 Å². The van der Waals surface area contributed by atoms with Crippen LogP contribution in [0.4, 0.5) is 4.79 Å². The predicted molar refractivity (Wildman–Crippen MR) is 67.9 cm³/mol. The van der Waals surface area contributed by atoms with Gasteiger partial charge in [-0.3, -0.25) is 9.69 Å². The van der Waals surface area contributed by atoms with Crippen LogP contribution in [0.15, 0.2) is 0 Å². The molecule has 3 atom stereocenters. The fourth-order valence-corrected chi connectivity index (χ4v) is 3.00. The molecule has 0 bridgehead atoms. The van der Waals surface area contributed by atoms with Gasteiger partial charge in [0.25, 0.3) is 0 Å².